The van der Waals surface area contributed by atoms with Crippen LogP contribution in [0.4, 0.5) is 5.69 Å². The molecule has 0 aliphatic rings. The summed E-state index contributed by atoms with van der Waals surface area (Å²) in [5.74, 6) is 0.882. The van der Waals surface area contributed by atoms with Crippen molar-refractivity contribution >= 4 is 5.69 Å². The summed E-state index contributed by atoms with van der Waals surface area (Å²) < 4.78 is 5.99. The van der Waals surface area contributed by atoms with E-state index in [0.29, 0.717) is 12.6 Å². The molecule has 0 aliphatic heterocycles. The molecule has 3 aromatic rings. The predicted molar refractivity (Wildman–Crippen MR) is 109 cm³/mol. The van der Waals surface area contributed by atoms with Crippen LogP contribution in [0.25, 0.3) is 0 Å². The molecule has 3 aromatic carbocycles. The van der Waals surface area contributed by atoms with Gasteiger partial charge in [0.05, 0.1) is 5.69 Å². The van der Waals surface area contributed by atoms with Crippen LogP contribution in [0.15, 0.2) is 84.9 Å². The minimum atomic E-state index is 0.336. The summed E-state index contributed by atoms with van der Waals surface area (Å²) >= 11 is 0. The van der Waals surface area contributed by atoms with E-state index in [4.69, 9.17) is 4.74 Å². The number of para-hydroxylation sites is 2. The molecule has 0 spiro atoms. The van der Waals surface area contributed by atoms with Crippen molar-refractivity contribution in [2.45, 2.75) is 19.6 Å². The van der Waals surface area contributed by atoms with Gasteiger partial charge in [0.2, 0.25) is 0 Å². The van der Waals surface area contributed by atoms with Crippen molar-refractivity contribution in [3.63, 3.8) is 0 Å². The fourth-order valence-corrected chi connectivity index (χ4v) is 2.82. The van der Waals surface area contributed by atoms with Gasteiger partial charge in [0, 0.05) is 19.1 Å². The van der Waals surface area contributed by atoms with Crippen LogP contribution in [-0.4, -0.2) is 13.1 Å². The largest absolute Gasteiger partial charge is 0.487 e. The Balaban J connectivity index is 1.47. The fraction of sp³-hybridized carbons (Fsp3) is 0.217. The molecule has 3 rings (SSSR count). The van der Waals surface area contributed by atoms with Crippen molar-refractivity contribution in [2.75, 3.05) is 18.4 Å². The molecule has 0 aliphatic carbocycles. The van der Waals surface area contributed by atoms with E-state index in [1.165, 1.54) is 11.1 Å². The van der Waals surface area contributed by atoms with E-state index in [0.717, 1.165) is 24.5 Å². The molecule has 0 fully saturated rings. The summed E-state index contributed by atoms with van der Waals surface area (Å²) in [6.07, 6.45) is 0. The first-order chi connectivity index (χ1) is 12.8. The number of hydrogen-bond acceptors (Lipinski definition) is 3. The SMILES string of the molecule is CC(NCCNc1ccccc1OCc1ccccc1)c1ccccc1. The fourth-order valence-electron chi connectivity index (χ4n) is 2.82. The summed E-state index contributed by atoms with van der Waals surface area (Å²) in [5, 5.41) is 7.01. The standard InChI is InChI=1S/C23H26N2O/c1-19(21-12-6-3-7-13-21)24-16-17-25-22-14-8-9-15-23(22)26-18-20-10-4-2-5-11-20/h2-15,19,24-25H,16-18H2,1H3. The second kappa shape index (κ2) is 9.64. The van der Waals surface area contributed by atoms with E-state index in [1.807, 2.05) is 42.5 Å². The van der Waals surface area contributed by atoms with Crippen molar-refractivity contribution in [3.8, 4) is 5.75 Å². The lowest BCUT2D eigenvalue weighted by Gasteiger charge is -2.16. The van der Waals surface area contributed by atoms with Crippen molar-refractivity contribution in [2.24, 2.45) is 0 Å². The van der Waals surface area contributed by atoms with Crippen LogP contribution in [0.3, 0.4) is 0 Å². The smallest absolute Gasteiger partial charge is 0.142 e. The first-order valence-corrected chi connectivity index (χ1v) is 9.11. The van der Waals surface area contributed by atoms with Crippen LogP contribution in [-0.2, 0) is 6.61 Å². The highest BCUT2D eigenvalue weighted by atomic mass is 16.5. The maximum Gasteiger partial charge on any atom is 0.142 e. The minimum absolute atomic E-state index is 0.336. The summed E-state index contributed by atoms with van der Waals surface area (Å²) in [7, 11) is 0. The van der Waals surface area contributed by atoms with Gasteiger partial charge in [-0.1, -0.05) is 72.8 Å². The monoisotopic (exact) mass is 346 g/mol. The maximum atomic E-state index is 5.99. The number of benzene rings is 3. The maximum absolute atomic E-state index is 5.99. The lowest BCUT2D eigenvalue weighted by Crippen LogP contribution is -2.25. The van der Waals surface area contributed by atoms with Crippen molar-refractivity contribution in [1.82, 2.24) is 5.32 Å². The number of hydrogen-bond donors (Lipinski definition) is 2. The molecule has 2 N–H and O–H groups in total. The van der Waals surface area contributed by atoms with E-state index in [9.17, 15) is 0 Å². The van der Waals surface area contributed by atoms with E-state index < -0.39 is 0 Å². The van der Waals surface area contributed by atoms with Crippen LogP contribution < -0.4 is 15.4 Å². The first-order valence-electron chi connectivity index (χ1n) is 9.11. The third-order valence-electron chi connectivity index (χ3n) is 4.31. The zero-order valence-corrected chi connectivity index (χ0v) is 15.2. The van der Waals surface area contributed by atoms with Crippen LogP contribution in [0.5, 0.6) is 5.75 Å². The molecule has 0 saturated carbocycles. The highest BCUT2D eigenvalue weighted by molar-refractivity contribution is 5.56. The second-order valence-corrected chi connectivity index (χ2v) is 6.28. The Morgan fingerprint density at radius 2 is 1.42 bits per heavy atom. The number of nitrogens with one attached hydrogen (secondary N) is 2. The van der Waals surface area contributed by atoms with Gasteiger partial charge >= 0.3 is 0 Å². The Morgan fingerprint density at radius 3 is 2.19 bits per heavy atom. The highest BCUT2D eigenvalue weighted by Gasteiger charge is 2.05. The minimum Gasteiger partial charge on any atom is -0.487 e. The molecule has 0 radical (unpaired) electrons. The van der Waals surface area contributed by atoms with E-state index in [2.05, 4.69) is 60.0 Å². The highest BCUT2D eigenvalue weighted by Crippen LogP contribution is 2.24. The summed E-state index contributed by atoms with van der Waals surface area (Å²) in [6, 6.07) is 29.1. The Kier molecular flexibility index (Phi) is 6.68. The van der Waals surface area contributed by atoms with E-state index in [-0.39, 0.29) is 0 Å². The predicted octanol–water partition coefficient (Wildman–Crippen LogP) is 5.03. The topological polar surface area (TPSA) is 33.3 Å². The molecule has 0 amide bonds. The number of anilines is 1. The molecule has 3 nitrogen and oxygen atoms in total. The van der Waals surface area contributed by atoms with Crippen LogP contribution in [0.1, 0.15) is 24.1 Å². The Bertz CT molecular complexity index is 774. The van der Waals surface area contributed by atoms with Gasteiger partial charge in [-0.25, -0.2) is 0 Å². The molecule has 1 unspecified atom stereocenters. The molecule has 134 valence electrons. The van der Waals surface area contributed by atoms with Crippen molar-refractivity contribution in [3.05, 3.63) is 96.1 Å². The lowest BCUT2D eigenvalue weighted by molar-refractivity contribution is 0.307. The molecule has 1 atom stereocenters. The Labute approximate surface area is 156 Å². The molecule has 0 aromatic heterocycles. The van der Waals surface area contributed by atoms with E-state index >= 15 is 0 Å². The van der Waals surface area contributed by atoms with Gasteiger partial charge < -0.3 is 15.4 Å². The van der Waals surface area contributed by atoms with Gasteiger partial charge in [-0.05, 0) is 30.2 Å². The molecule has 0 saturated heterocycles. The molecule has 3 heteroatoms. The van der Waals surface area contributed by atoms with Gasteiger partial charge in [0.15, 0.2) is 0 Å². The average molecular weight is 346 g/mol. The number of ether oxygens (including phenoxy) is 1. The van der Waals surface area contributed by atoms with Crippen LogP contribution in [0.2, 0.25) is 0 Å². The lowest BCUT2D eigenvalue weighted by atomic mass is 10.1. The Morgan fingerprint density at radius 1 is 0.769 bits per heavy atom. The molecule has 0 heterocycles. The molecule has 26 heavy (non-hydrogen) atoms. The van der Waals surface area contributed by atoms with E-state index in [1.54, 1.807) is 0 Å². The van der Waals surface area contributed by atoms with Crippen LogP contribution in [0, 0.1) is 0 Å². The Hall–Kier alpha value is -2.78. The molecule has 0 bridgehead atoms. The van der Waals surface area contributed by atoms with Gasteiger partial charge in [0.25, 0.3) is 0 Å². The number of rotatable bonds is 9. The molecular formula is C23H26N2O. The summed E-state index contributed by atoms with van der Waals surface area (Å²) in [6.45, 7) is 4.47. The van der Waals surface area contributed by atoms with Gasteiger partial charge in [-0.2, -0.15) is 0 Å². The zero-order chi connectivity index (χ0) is 18.0. The van der Waals surface area contributed by atoms with Crippen molar-refractivity contribution in [1.29, 1.82) is 0 Å². The summed E-state index contributed by atoms with van der Waals surface area (Å²) in [4.78, 5) is 0. The third kappa shape index (κ3) is 5.36. The summed E-state index contributed by atoms with van der Waals surface area (Å²) in [5.41, 5.74) is 3.50. The normalized spacial score (nSPS) is 11.7. The first kappa shape index (κ1) is 18.0. The average Bonchev–Trinajstić information content (AvgIpc) is 2.71. The van der Waals surface area contributed by atoms with Gasteiger partial charge in [-0.3, -0.25) is 0 Å². The quantitative estimate of drug-likeness (QED) is 0.533. The van der Waals surface area contributed by atoms with Crippen molar-refractivity contribution < 1.29 is 4.74 Å². The van der Waals surface area contributed by atoms with Gasteiger partial charge in [-0.15, -0.1) is 0 Å². The molecular weight excluding hydrogens is 320 g/mol. The third-order valence-corrected chi connectivity index (χ3v) is 4.31. The second-order valence-electron chi connectivity index (χ2n) is 6.28. The van der Waals surface area contributed by atoms with Gasteiger partial charge in [0.1, 0.15) is 12.4 Å². The zero-order valence-electron chi connectivity index (χ0n) is 15.2. The van der Waals surface area contributed by atoms with Crippen LogP contribution >= 0.6 is 0 Å².